The molecule has 7 heteroatoms. The van der Waals surface area contributed by atoms with Crippen molar-refractivity contribution in [3.8, 4) is 0 Å². The number of nitrogens with zero attached hydrogens (tertiary/aromatic N) is 2. The molecular formula is C17H21ClN2O2S2. The highest BCUT2D eigenvalue weighted by Crippen LogP contribution is 2.22. The fourth-order valence-corrected chi connectivity index (χ4v) is 5.71. The van der Waals surface area contributed by atoms with Crippen LogP contribution in [-0.4, -0.2) is 50.3 Å². The molecule has 0 bridgehead atoms. The van der Waals surface area contributed by atoms with Gasteiger partial charge in [-0.15, -0.1) is 11.3 Å². The molecule has 0 saturated carbocycles. The van der Waals surface area contributed by atoms with Crippen LogP contribution in [0.25, 0.3) is 0 Å². The maximum atomic E-state index is 12.5. The maximum absolute atomic E-state index is 12.5. The van der Waals surface area contributed by atoms with Crippen molar-refractivity contribution in [2.75, 3.05) is 32.7 Å². The van der Waals surface area contributed by atoms with Gasteiger partial charge in [-0.2, -0.15) is 4.31 Å². The third kappa shape index (κ3) is 4.37. The molecule has 0 aliphatic carbocycles. The third-order valence-corrected chi connectivity index (χ3v) is 7.76. The van der Waals surface area contributed by atoms with Crippen LogP contribution < -0.4 is 0 Å². The fraction of sp³-hybridized carbons (Fsp3) is 0.412. The first kappa shape index (κ1) is 17.9. The number of hydrogen-bond acceptors (Lipinski definition) is 4. The third-order valence-electron chi connectivity index (χ3n) is 4.25. The van der Waals surface area contributed by atoms with E-state index in [4.69, 9.17) is 11.6 Å². The van der Waals surface area contributed by atoms with Crippen molar-refractivity contribution in [2.45, 2.75) is 17.1 Å². The van der Waals surface area contributed by atoms with Gasteiger partial charge in [0.2, 0.25) is 0 Å². The number of benzene rings is 1. The summed E-state index contributed by atoms with van der Waals surface area (Å²) in [5, 5.41) is 2.58. The lowest BCUT2D eigenvalue weighted by molar-refractivity contribution is 0.187. The van der Waals surface area contributed by atoms with Gasteiger partial charge in [0.05, 0.1) is 0 Å². The van der Waals surface area contributed by atoms with Gasteiger partial charge < -0.3 is 4.90 Å². The van der Waals surface area contributed by atoms with Crippen LogP contribution in [0.1, 0.15) is 12.0 Å². The van der Waals surface area contributed by atoms with Gasteiger partial charge in [0.25, 0.3) is 10.0 Å². The van der Waals surface area contributed by atoms with Crippen molar-refractivity contribution in [1.29, 1.82) is 0 Å². The van der Waals surface area contributed by atoms with Crippen molar-refractivity contribution in [2.24, 2.45) is 0 Å². The molecule has 1 fully saturated rings. The highest BCUT2D eigenvalue weighted by molar-refractivity contribution is 7.91. The largest absolute Gasteiger partial charge is 0.301 e. The van der Waals surface area contributed by atoms with E-state index in [1.54, 1.807) is 21.8 Å². The summed E-state index contributed by atoms with van der Waals surface area (Å²) in [7, 11) is -3.30. The molecule has 24 heavy (non-hydrogen) atoms. The van der Waals surface area contributed by atoms with Crippen LogP contribution in [0, 0.1) is 0 Å². The number of aryl methyl sites for hydroxylation is 1. The minimum Gasteiger partial charge on any atom is -0.301 e. The normalized spacial score (nSPS) is 17.2. The molecule has 1 aliphatic heterocycles. The second-order valence-corrected chi connectivity index (χ2v) is 9.46. The smallest absolute Gasteiger partial charge is 0.252 e. The van der Waals surface area contributed by atoms with E-state index in [0.717, 1.165) is 37.5 Å². The molecule has 2 heterocycles. The molecule has 2 aromatic rings. The highest BCUT2D eigenvalue weighted by atomic mass is 35.5. The summed E-state index contributed by atoms with van der Waals surface area (Å²) in [5.41, 5.74) is 1.25. The van der Waals surface area contributed by atoms with Gasteiger partial charge in [-0.1, -0.05) is 29.8 Å². The molecule has 0 N–H and O–H groups in total. The zero-order valence-electron chi connectivity index (χ0n) is 13.4. The molecule has 1 aromatic carbocycles. The molecule has 4 nitrogen and oxygen atoms in total. The lowest BCUT2D eigenvalue weighted by atomic mass is 10.1. The molecule has 1 aliphatic rings. The van der Waals surface area contributed by atoms with Gasteiger partial charge in [0.1, 0.15) is 4.21 Å². The first-order valence-electron chi connectivity index (χ1n) is 8.06. The lowest BCUT2D eigenvalue weighted by Gasteiger charge is -2.33. The van der Waals surface area contributed by atoms with Gasteiger partial charge in [0.15, 0.2) is 0 Å². The predicted molar refractivity (Wildman–Crippen MR) is 99.3 cm³/mol. The Morgan fingerprint density at radius 1 is 1.08 bits per heavy atom. The minimum atomic E-state index is -3.30. The predicted octanol–water partition coefficient (Wildman–Crippen LogP) is 3.34. The Hall–Kier alpha value is -0.920. The monoisotopic (exact) mass is 384 g/mol. The van der Waals surface area contributed by atoms with Crippen LogP contribution in [0.3, 0.4) is 0 Å². The Morgan fingerprint density at radius 3 is 2.54 bits per heavy atom. The summed E-state index contributed by atoms with van der Waals surface area (Å²) < 4.78 is 27.0. The Labute approximate surface area is 152 Å². The number of hydrogen-bond donors (Lipinski definition) is 0. The molecule has 1 aromatic heterocycles. The van der Waals surface area contributed by atoms with Gasteiger partial charge in [-0.25, -0.2) is 8.42 Å². The molecule has 0 unspecified atom stereocenters. The molecule has 3 rings (SSSR count). The Morgan fingerprint density at radius 2 is 1.88 bits per heavy atom. The number of halogens is 1. The van der Waals surface area contributed by atoms with Crippen molar-refractivity contribution < 1.29 is 8.42 Å². The van der Waals surface area contributed by atoms with Crippen LogP contribution in [0.2, 0.25) is 5.02 Å². The van der Waals surface area contributed by atoms with Crippen LogP contribution in [-0.2, 0) is 16.4 Å². The van der Waals surface area contributed by atoms with Crippen LogP contribution in [0.4, 0.5) is 0 Å². The molecule has 1 saturated heterocycles. The van der Waals surface area contributed by atoms with E-state index in [2.05, 4.69) is 11.0 Å². The zero-order chi connectivity index (χ0) is 17.0. The van der Waals surface area contributed by atoms with E-state index in [9.17, 15) is 8.42 Å². The summed E-state index contributed by atoms with van der Waals surface area (Å²) in [6.07, 6.45) is 2.05. The summed E-state index contributed by atoms with van der Waals surface area (Å²) in [6, 6.07) is 11.4. The van der Waals surface area contributed by atoms with Crippen molar-refractivity contribution in [3.63, 3.8) is 0 Å². The summed E-state index contributed by atoms with van der Waals surface area (Å²) in [4.78, 5) is 2.34. The zero-order valence-corrected chi connectivity index (χ0v) is 15.8. The summed E-state index contributed by atoms with van der Waals surface area (Å²) in [6.45, 7) is 3.70. The van der Waals surface area contributed by atoms with E-state index >= 15 is 0 Å². The van der Waals surface area contributed by atoms with Crippen molar-refractivity contribution in [1.82, 2.24) is 9.21 Å². The molecule has 0 atom stereocenters. The van der Waals surface area contributed by atoms with E-state index in [0.29, 0.717) is 17.3 Å². The Bertz CT molecular complexity index is 755. The summed E-state index contributed by atoms with van der Waals surface area (Å²) >= 11 is 7.28. The number of thiophene rings is 1. The number of rotatable bonds is 6. The van der Waals surface area contributed by atoms with Gasteiger partial charge in [-0.05, 0) is 48.5 Å². The molecule has 0 spiro atoms. The van der Waals surface area contributed by atoms with Gasteiger partial charge in [0, 0.05) is 31.2 Å². The number of piperazine rings is 1. The lowest BCUT2D eigenvalue weighted by Crippen LogP contribution is -2.48. The van der Waals surface area contributed by atoms with E-state index in [-0.39, 0.29) is 0 Å². The second-order valence-electron chi connectivity index (χ2n) is 5.91. The minimum absolute atomic E-state index is 0.442. The van der Waals surface area contributed by atoms with Gasteiger partial charge in [-0.3, -0.25) is 0 Å². The standard InChI is InChI=1S/C17H21ClN2O2S2/c18-16-6-1-4-15(14-16)5-2-8-19-9-11-20(12-10-19)24(21,22)17-7-3-13-23-17/h1,3-4,6-7,13-14H,2,5,8-12H2. The molecule has 0 amide bonds. The average Bonchev–Trinajstić information content (AvgIpc) is 3.11. The Kier molecular flexibility index (Phi) is 5.94. The van der Waals surface area contributed by atoms with Crippen molar-refractivity contribution in [3.05, 3.63) is 52.4 Å². The van der Waals surface area contributed by atoms with E-state index in [1.807, 2.05) is 18.2 Å². The van der Waals surface area contributed by atoms with Crippen LogP contribution in [0.15, 0.2) is 46.0 Å². The fourth-order valence-electron chi connectivity index (χ4n) is 2.93. The van der Waals surface area contributed by atoms with E-state index in [1.165, 1.54) is 16.9 Å². The molecular weight excluding hydrogens is 364 g/mol. The quantitative estimate of drug-likeness (QED) is 0.766. The first-order chi connectivity index (χ1) is 11.6. The van der Waals surface area contributed by atoms with Crippen LogP contribution in [0.5, 0.6) is 0 Å². The maximum Gasteiger partial charge on any atom is 0.252 e. The topological polar surface area (TPSA) is 40.6 Å². The molecule has 0 radical (unpaired) electrons. The highest BCUT2D eigenvalue weighted by Gasteiger charge is 2.28. The second kappa shape index (κ2) is 7.97. The van der Waals surface area contributed by atoms with E-state index < -0.39 is 10.0 Å². The summed E-state index contributed by atoms with van der Waals surface area (Å²) in [5.74, 6) is 0. The SMILES string of the molecule is O=S(=O)(c1cccs1)N1CCN(CCCc2cccc(Cl)c2)CC1. The average molecular weight is 385 g/mol. The number of sulfonamides is 1. The first-order valence-corrected chi connectivity index (χ1v) is 10.8. The molecule has 130 valence electrons. The van der Waals surface area contributed by atoms with Gasteiger partial charge >= 0.3 is 0 Å². The van der Waals surface area contributed by atoms with Crippen molar-refractivity contribution >= 4 is 33.0 Å². The Balaban J connectivity index is 1.46. The van der Waals surface area contributed by atoms with Crippen LogP contribution >= 0.6 is 22.9 Å².